The smallest absolute Gasteiger partial charge is 0.258 e. The first-order valence-electron chi connectivity index (χ1n) is 8.08. The fourth-order valence-corrected chi connectivity index (χ4v) is 3.37. The zero-order chi connectivity index (χ0) is 18.0. The van der Waals surface area contributed by atoms with E-state index in [-0.39, 0.29) is 17.6 Å². The molecular weight excluding hydrogens is 382 g/mol. The van der Waals surface area contributed by atoms with Crippen LogP contribution >= 0.6 is 15.9 Å². The average molecular weight is 402 g/mol. The highest BCUT2D eigenvalue weighted by Crippen LogP contribution is 2.28. The van der Waals surface area contributed by atoms with Gasteiger partial charge in [-0.1, -0.05) is 18.2 Å². The van der Waals surface area contributed by atoms with Gasteiger partial charge in [-0.15, -0.1) is 0 Å². The van der Waals surface area contributed by atoms with Crippen LogP contribution in [0, 0.1) is 0 Å². The van der Waals surface area contributed by atoms with Crippen molar-refractivity contribution < 1.29 is 4.74 Å². The van der Waals surface area contributed by atoms with Gasteiger partial charge in [-0.05, 0) is 59.6 Å². The predicted octanol–water partition coefficient (Wildman–Crippen LogP) is 4.11. The number of H-pyrrole nitrogens is 1. The Hall–Kier alpha value is -2.18. The molecule has 0 aliphatic rings. The van der Waals surface area contributed by atoms with Crippen molar-refractivity contribution in [2.24, 2.45) is 0 Å². The Balaban J connectivity index is 1.83. The number of rotatable bonds is 5. The first kappa shape index (κ1) is 17.6. The minimum absolute atomic E-state index is 0.0778. The number of fused-ring (bicyclic) bond motifs is 1. The standard InChI is InChI=1S/C19H20BrN3O2/c1-11(13-8-9-17(25-3)15(20)10-13)21-12(2)18-22-16-7-5-4-6-14(16)19(24)23-18/h4-12,21H,1-3H3,(H,22,23,24)/t11-,12-/m0/s1. The molecule has 2 aromatic carbocycles. The molecule has 0 fully saturated rings. The minimum Gasteiger partial charge on any atom is -0.496 e. The van der Waals surface area contributed by atoms with E-state index in [9.17, 15) is 4.79 Å². The quantitative estimate of drug-likeness (QED) is 0.674. The van der Waals surface area contributed by atoms with Crippen molar-refractivity contribution in [1.29, 1.82) is 0 Å². The molecule has 0 spiro atoms. The summed E-state index contributed by atoms with van der Waals surface area (Å²) in [6, 6.07) is 13.3. The zero-order valence-electron chi connectivity index (χ0n) is 14.3. The van der Waals surface area contributed by atoms with Crippen molar-refractivity contribution in [3.8, 4) is 5.75 Å². The molecule has 0 saturated carbocycles. The lowest BCUT2D eigenvalue weighted by Gasteiger charge is -2.20. The molecule has 3 aromatic rings. The number of hydrogen-bond donors (Lipinski definition) is 2. The number of nitrogens with one attached hydrogen (secondary N) is 2. The van der Waals surface area contributed by atoms with Crippen molar-refractivity contribution in [2.45, 2.75) is 25.9 Å². The Labute approximate surface area is 154 Å². The second kappa shape index (κ2) is 7.37. The van der Waals surface area contributed by atoms with E-state index in [0.29, 0.717) is 16.7 Å². The normalized spacial score (nSPS) is 13.6. The first-order valence-corrected chi connectivity index (χ1v) is 8.87. The van der Waals surface area contributed by atoms with Crippen molar-refractivity contribution in [3.63, 3.8) is 0 Å². The third-order valence-electron chi connectivity index (χ3n) is 4.22. The molecule has 2 N–H and O–H groups in total. The van der Waals surface area contributed by atoms with Gasteiger partial charge in [-0.3, -0.25) is 4.79 Å². The number of ether oxygens (including phenoxy) is 1. The monoisotopic (exact) mass is 401 g/mol. The molecule has 25 heavy (non-hydrogen) atoms. The fraction of sp³-hybridized carbons (Fsp3) is 0.263. The van der Waals surface area contributed by atoms with Gasteiger partial charge >= 0.3 is 0 Å². The molecular formula is C19H20BrN3O2. The first-order chi connectivity index (χ1) is 12.0. The van der Waals surface area contributed by atoms with Gasteiger partial charge in [0.15, 0.2) is 0 Å². The molecule has 0 unspecified atom stereocenters. The van der Waals surface area contributed by atoms with Crippen LogP contribution < -0.4 is 15.6 Å². The van der Waals surface area contributed by atoms with Gasteiger partial charge in [0.2, 0.25) is 0 Å². The maximum Gasteiger partial charge on any atom is 0.258 e. The summed E-state index contributed by atoms with van der Waals surface area (Å²) in [5, 5.41) is 4.08. The van der Waals surface area contributed by atoms with Crippen molar-refractivity contribution in [2.75, 3.05) is 7.11 Å². The number of halogens is 1. The number of benzene rings is 2. The maximum absolute atomic E-state index is 12.2. The van der Waals surface area contributed by atoms with E-state index in [1.807, 2.05) is 43.3 Å². The van der Waals surface area contributed by atoms with E-state index >= 15 is 0 Å². The molecule has 6 heteroatoms. The van der Waals surface area contributed by atoms with Gasteiger partial charge in [0.25, 0.3) is 5.56 Å². The Morgan fingerprint density at radius 2 is 1.92 bits per heavy atom. The second-order valence-electron chi connectivity index (χ2n) is 5.97. The summed E-state index contributed by atoms with van der Waals surface area (Å²) in [5.74, 6) is 1.42. The lowest BCUT2D eigenvalue weighted by molar-refractivity contribution is 0.411. The van der Waals surface area contributed by atoms with E-state index in [1.54, 1.807) is 13.2 Å². The largest absolute Gasteiger partial charge is 0.496 e. The molecule has 0 aliphatic heterocycles. The number of hydrogen-bond acceptors (Lipinski definition) is 4. The van der Waals surface area contributed by atoms with E-state index in [1.165, 1.54) is 0 Å². The van der Waals surface area contributed by atoms with Crippen LogP contribution in [0.25, 0.3) is 10.9 Å². The fourth-order valence-electron chi connectivity index (χ4n) is 2.81. The number of para-hydroxylation sites is 1. The highest BCUT2D eigenvalue weighted by molar-refractivity contribution is 9.10. The Morgan fingerprint density at radius 3 is 2.64 bits per heavy atom. The topological polar surface area (TPSA) is 67.0 Å². The molecule has 0 saturated heterocycles. The van der Waals surface area contributed by atoms with Crippen LogP contribution in [-0.2, 0) is 0 Å². The maximum atomic E-state index is 12.2. The molecule has 0 bridgehead atoms. The number of aromatic amines is 1. The van der Waals surface area contributed by atoms with E-state index in [0.717, 1.165) is 15.8 Å². The average Bonchev–Trinajstić information content (AvgIpc) is 2.61. The second-order valence-corrected chi connectivity index (χ2v) is 6.83. The summed E-state index contributed by atoms with van der Waals surface area (Å²) >= 11 is 3.51. The molecule has 1 aromatic heterocycles. The summed E-state index contributed by atoms with van der Waals surface area (Å²) < 4.78 is 6.18. The van der Waals surface area contributed by atoms with Crippen LogP contribution in [0.1, 0.15) is 37.3 Å². The number of nitrogens with zero attached hydrogens (tertiary/aromatic N) is 1. The van der Waals surface area contributed by atoms with Gasteiger partial charge in [0.05, 0.1) is 28.5 Å². The summed E-state index contributed by atoms with van der Waals surface area (Å²) in [7, 11) is 1.64. The Morgan fingerprint density at radius 1 is 1.16 bits per heavy atom. The molecule has 2 atom stereocenters. The minimum atomic E-state index is -0.117. The van der Waals surface area contributed by atoms with E-state index < -0.39 is 0 Å². The Kier molecular flexibility index (Phi) is 5.20. The van der Waals surface area contributed by atoms with Crippen molar-refractivity contribution >= 4 is 26.8 Å². The van der Waals surface area contributed by atoms with Crippen LogP contribution in [-0.4, -0.2) is 17.1 Å². The molecule has 0 aliphatic carbocycles. The summed E-state index contributed by atoms with van der Waals surface area (Å²) in [6.45, 7) is 4.06. The third kappa shape index (κ3) is 3.75. The molecule has 1 heterocycles. The number of methoxy groups -OCH3 is 1. The lowest BCUT2D eigenvalue weighted by atomic mass is 10.1. The van der Waals surface area contributed by atoms with Gasteiger partial charge in [-0.25, -0.2) is 4.98 Å². The summed E-state index contributed by atoms with van der Waals surface area (Å²) in [5.41, 5.74) is 1.70. The van der Waals surface area contributed by atoms with Gasteiger partial charge in [0.1, 0.15) is 11.6 Å². The number of aromatic nitrogens is 2. The zero-order valence-corrected chi connectivity index (χ0v) is 15.9. The third-order valence-corrected chi connectivity index (χ3v) is 4.84. The highest BCUT2D eigenvalue weighted by Gasteiger charge is 2.15. The van der Waals surface area contributed by atoms with Crippen molar-refractivity contribution in [3.05, 3.63) is 68.7 Å². The summed E-state index contributed by atoms with van der Waals surface area (Å²) in [6.07, 6.45) is 0. The van der Waals surface area contributed by atoms with E-state index in [2.05, 4.69) is 38.1 Å². The van der Waals surface area contributed by atoms with Crippen molar-refractivity contribution in [1.82, 2.24) is 15.3 Å². The van der Waals surface area contributed by atoms with Crippen LogP contribution in [0.5, 0.6) is 5.75 Å². The van der Waals surface area contributed by atoms with Crippen LogP contribution in [0.2, 0.25) is 0 Å². The highest BCUT2D eigenvalue weighted by atomic mass is 79.9. The molecule has 3 rings (SSSR count). The van der Waals surface area contributed by atoms with Gasteiger partial charge in [0, 0.05) is 6.04 Å². The predicted molar refractivity (Wildman–Crippen MR) is 103 cm³/mol. The molecule has 0 radical (unpaired) electrons. The SMILES string of the molecule is COc1ccc([C@H](C)N[C@@H](C)c2nc3ccccc3c(=O)[nH]2)cc1Br. The van der Waals surface area contributed by atoms with Crippen LogP contribution in [0.4, 0.5) is 0 Å². The Bertz CT molecular complexity index is 955. The lowest BCUT2D eigenvalue weighted by Crippen LogP contribution is -2.26. The van der Waals surface area contributed by atoms with Gasteiger partial charge < -0.3 is 15.0 Å². The van der Waals surface area contributed by atoms with E-state index in [4.69, 9.17) is 4.74 Å². The molecule has 5 nitrogen and oxygen atoms in total. The summed E-state index contributed by atoms with van der Waals surface area (Å²) in [4.78, 5) is 19.7. The van der Waals surface area contributed by atoms with Crippen LogP contribution in [0.3, 0.4) is 0 Å². The van der Waals surface area contributed by atoms with Gasteiger partial charge in [-0.2, -0.15) is 0 Å². The molecule has 0 amide bonds. The van der Waals surface area contributed by atoms with Crippen LogP contribution in [0.15, 0.2) is 51.7 Å². The molecule has 130 valence electrons.